The summed E-state index contributed by atoms with van der Waals surface area (Å²) in [5.41, 5.74) is -0.0136. The van der Waals surface area contributed by atoms with E-state index >= 15 is 0 Å². The average molecular weight is 365 g/mol. The zero-order chi connectivity index (χ0) is 14.9. The van der Waals surface area contributed by atoms with Crippen LogP contribution in [0.1, 0.15) is 10.4 Å². The monoisotopic (exact) mass is 364 g/mol. The van der Waals surface area contributed by atoms with E-state index in [1.165, 1.54) is 21.3 Å². The first-order chi connectivity index (χ1) is 9.30. The van der Waals surface area contributed by atoms with Crippen LogP contribution in [0.3, 0.4) is 0 Å². The second-order valence-corrected chi connectivity index (χ2v) is 7.39. The Labute approximate surface area is 125 Å². The predicted octanol–water partition coefficient (Wildman–Crippen LogP) is 1.31. The molecule has 1 aliphatic heterocycles. The summed E-state index contributed by atoms with van der Waals surface area (Å²) >= 11 is 3.16. The van der Waals surface area contributed by atoms with Crippen molar-refractivity contribution in [2.75, 3.05) is 32.4 Å². The summed E-state index contributed by atoms with van der Waals surface area (Å²) in [4.78, 5) is 13.7. The van der Waals surface area contributed by atoms with E-state index in [0.717, 1.165) is 6.26 Å². The highest BCUT2D eigenvalue weighted by Crippen LogP contribution is 2.22. The molecular formula is C12H14BrFN2O3S. The van der Waals surface area contributed by atoms with Gasteiger partial charge in [-0.15, -0.1) is 0 Å². The Balaban J connectivity index is 2.13. The Bertz CT molecular complexity index is 607. The number of benzene rings is 1. The molecule has 110 valence electrons. The summed E-state index contributed by atoms with van der Waals surface area (Å²) in [6, 6.07) is 4.34. The third-order valence-corrected chi connectivity index (χ3v) is 5.14. The van der Waals surface area contributed by atoms with Gasteiger partial charge in [-0.25, -0.2) is 12.8 Å². The van der Waals surface area contributed by atoms with E-state index < -0.39 is 21.7 Å². The highest BCUT2D eigenvalue weighted by molar-refractivity contribution is 9.10. The second-order valence-electron chi connectivity index (χ2n) is 4.55. The molecule has 0 unspecified atom stereocenters. The molecule has 0 saturated carbocycles. The molecule has 1 heterocycles. The smallest absolute Gasteiger partial charge is 0.258 e. The predicted molar refractivity (Wildman–Crippen MR) is 76.4 cm³/mol. The molecule has 1 fully saturated rings. The van der Waals surface area contributed by atoms with E-state index in [0.29, 0.717) is 4.47 Å². The summed E-state index contributed by atoms with van der Waals surface area (Å²) < 4.78 is 38.2. The molecule has 0 spiro atoms. The fourth-order valence-electron chi connectivity index (χ4n) is 2.08. The highest BCUT2D eigenvalue weighted by atomic mass is 79.9. The van der Waals surface area contributed by atoms with Crippen LogP contribution in [0.25, 0.3) is 0 Å². The van der Waals surface area contributed by atoms with Gasteiger partial charge < -0.3 is 4.90 Å². The maximum Gasteiger partial charge on any atom is 0.258 e. The van der Waals surface area contributed by atoms with Crippen molar-refractivity contribution < 1.29 is 17.6 Å². The summed E-state index contributed by atoms with van der Waals surface area (Å²) in [7, 11) is -3.24. The number of carbonyl (C=O) groups excluding carboxylic acids is 1. The maximum atomic E-state index is 13.7. The number of amides is 1. The Hall–Kier alpha value is -0.990. The quantitative estimate of drug-likeness (QED) is 0.794. The van der Waals surface area contributed by atoms with Gasteiger partial charge in [0.25, 0.3) is 5.91 Å². The van der Waals surface area contributed by atoms with E-state index in [-0.39, 0.29) is 31.7 Å². The van der Waals surface area contributed by atoms with Crippen molar-refractivity contribution in [3.8, 4) is 0 Å². The molecule has 0 aliphatic carbocycles. The molecule has 1 saturated heterocycles. The normalized spacial score (nSPS) is 17.2. The van der Waals surface area contributed by atoms with Crippen molar-refractivity contribution in [1.29, 1.82) is 0 Å². The van der Waals surface area contributed by atoms with Gasteiger partial charge in [0.2, 0.25) is 10.0 Å². The average Bonchev–Trinajstić information content (AvgIpc) is 2.37. The SMILES string of the molecule is CS(=O)(=O)N1CCN(C(=O)c2c(F)cccc2Br)CC1. The van der Waals surface area contributed by atoms with Crippen LogP contribution in [0.2, 0.25) is 0 Å². The lowest BCUT2D eigenvalue weighted by atomic mass is 10.1. The number of carbonyl (C=O) groups is 1. The van der Waals surface area contributed by atoms with E-state index in [9.17, 15) is 17.6 Å². The molecule has 1 amide bonds. The van der Waals surface area contributed by atoms with Gasteiger partial charge in [-0.05, 0) is 28.1 Å². The van der Waals surface area contributed by atoms with Crippen LogP contribution in [0, 0.1) is 5.82 Å². The second kappa shape index (κ2) is 5.79. The van der Waals surface area contributed by atoms with Crippen molar-refractivity contribution in [3.63, 3.8) is 0 Å². The van der Waals surface area contributed by atoms with Crippen molar-refractivity contribution in [2.24, 2.45) is 0 Å². The number of hydrogen-bond donors (Lipinski definition) is 0. The van der Waals surface area contributed by atoms with Crippen LogP contribution in [-0.4, -0.2) is 56.0 Å². The molecule has 1 aliphatic rings. The van der Waals surface area contributed by atoms with Gasteiger partial charge in [0, 0.05) is 30.7 Å². The van der Waals surface area contributed by atoms with Crippen LogP contribution >= 0.6 is 15.9 Å². The fourth-order valence-corrected chi connectivity index (χ4v) is 3.42. The molecule has 8 heteroatoms. The van der Waals surface area contributed by atoms with Gasteiger partial charge >= 0.3 is 0 Å². The van der Waals surface area contributed by atoms with Gasteiger partial charge in [-0.1, -0.05) is 6.07 Å². The minimum atomic E-state index is -3.24. The van der Waals surface area contributed by atoms with E-state index in [4.69, 9.17) is 0 Å². The van der Waals surface area contributed by atoms with Crippen LogP contribution in [0.15, 0.2) is 22.7 Å². The lowest BCUT2D eigenvalue weighted by molar-refractivity contribution is 0.0692. The third-order valence-electron chi connectivity index (χ3n) is 3.17. The summed E-state index contributed by atoms with van der Waals surface area (Å²) in [6.07, 6.45) is 1.14. The third kappa shape index (κ3) is 3.18. The Morgan fingerprint density at radius 3 is 2.35 bits per heavy atom. The maximum absolute atomic E-state index is 13.7. The lowest BCUT2D eigenvalue weighted by Gasteiger charge is -2.33. The fraction of sp³-hybridized carbons (Fsp3) is 0.417. The molecule has 1 aromatic rings. The molecular weight excluding hydrogens is 351 g/mol. The molecule has 0 bridgehead atoms. The van der Waals surface area contributed by atoms with Crippen LogP contribution in [-0.2, 0) is 10.0 Å². The summed E-state index contributed by atoms with van der Waals surface area (Å²) in [5, 5.41) is 0. The van der Waals surface area contributed by atoms with Crippen LogP contribution in [0.5, 0.6) is 0 Å². The molecule has 5 nitrogen and oxygen atoms in total. The largest absolute Gasteiger partial charge is 0.336 e. The van der Waals surface area contributed by atoms with Crippen molar-refractivity contribution in [1.82, 2.24) is 9.21 Å². The van der Waals surface area contributed by atoms with Crippen LogP contribution < -0.4 is 0 Å². The molecule has 1 aromatic carbocycles. The first kappa shape index (κ1) is 15.4. The summed E-state index contributed by atoms with van der Waals surface area (Å²) in [6.45, 7) is 0.979. The van der Waals surface area contributed by atoms with Gasteiger partial charge in [0.1, 0.15) is 5.82 Å². The molecule has 0 N–H and O–H groups in total. The minimum Gasteiger partial charge on any atom is -0.336 e. The number of hydrogen-bond acceptors (Lipinski definition) is 3. The van der Waals surface area contributed by atoms with Gasteiger partial charge in [-0.2, -0.15) is 4.31 Å². The Morgan fingerprint density at radius 1 is 1.25 bits per heavy atom. The number of nitrogens with zero attached hydrogens (tertiary/aromatic N) is 2. The first-order valence-corrected chi connectivity index (χ1v) is 8.63. The van der Waals surface area contributed by atoms with Gasteiger partial charge in [0.05, 0.1) is 11.8 Å². The van der Waals surface area contributed by atoms with E-state index in [2.05, 4.69) is 15.9 Å². The lowest BCUT2D eigenvalue weighted by Crippen LogP contribution is -2.50. The molecule has 0 aromatic heterocycles. The number of halogens is 2. The topological polar surface area (TPSA) is 57.7 Å². The number of rotatable bonds is 2. The Morgan fingerprint density at radius 2 is 1.85 bits per heavy atom. The molecule has 20 heavy (non-hydrogen) atoms. The minimum absolute atomic E-state index is 0.0136. The highest BCUT2D eigenvalue weighted by Gasteiger charge is 2.28. The van der Waals surface area contributed by atoms with Gasteiger partial charge in [-0.3, -0.25) is 4.79 Å². The van der Waals surface area contributed by atoms with Crippen LogP contribution in [0.4, 0.5) is 4.39 Å². The zero-order valence-electron chi connectivity index (χ0n) is 10.8. The zero-order valence-corrected chi connectivity index (χ0v) is 13.2. The van der Waals surface area contributed by atoms with E-state index in [1.807, 2.05) is 0 Å². The van der Waals surface area contributed by atoms with Crippen molar-refractivity contribution in [3.05, 3.63) is 34.1 Å². The Kier molecular flexibility index (Phi) is 4.46. The molecule has 2 rings (SSSR count). The first-order valence-electron chi connectivity index (χ1n) is 5.99. The van der Waals surface area contributed by atoms with Crippen molar-refractivity contribution >= 4 is 31.9 Å². The standard InChI is InChI=1S/C12H14BrFN2O3S/c1-20(18,19)16-7-5-15(6-8-16)12(17)11-9(13)3-2-4-10(11)14/h2-4H,5-8H2,1H3. The molecule has 0 radical (unpaired) electrons. The summed E-state index contributed by atoms with van der Waals surface area (Å²) in [5.74, 6) is -1.02. The molecule has 0 atom stereocenters. The number of piperazine rings is 1. The van der Waals surface area contributed by atoms with Gasteiger partial charge in [0.15, 0.2) is 0 Å². The van der Waals surface area contributed by atoms with Crippen molar-refractivity contribution in [2.45, 2.75) is 0 Å². The number of sulfonamides is 1. The van der Waals surface area contributed by atoms with E-state index in [1.54, 1.807) is 6.07 Å².